The Hall–Kier alpha value is -1.74. The van der Waals surface area contributed by atoms with E-state index in [1.165, 1.54) is 11.1 Å². The van der Waals surface area contributed by atoms with Gasteiger partial charge in [0.2, 0.25) is 0 Å². The highest BCUT2D eigenvalue weighted by Crippen LogP contribution is 2.31. The van der Waals surface area contributed by atoms with Crippen molar-refractivity contribution in [3.8, 4) is 0 Å². The molecule has 2 rings (SSSR count). The van der Waals surface area contributed by atoms with E-state index in [0.717, 1.165) is 51.4 Å². The molecule has 42 heavy (non-hydrogen) atoms. The Morgan fingerprint density at radius 2 is 1.19 bits per heavy atom. The van der Waals surface area contributed by atoms with Crippen molar-refractivity contribution in [2.45, 2.75) is 121 Å². The molecule has 0 amide bonds. The zero-order valence-electron chi connectivity index (χ0n) is 25.9. The fourth-order valence-electron chi connectivity index (χ4n) is 6.33. The smallest absolute Gasteiger partial charge is 0.267 e. The molecule has 0 aliphatic carbocycles. The average molecular weight is 623 g/mol. The third-order valence-corrected chi connectivity index (χ3v) is 11.0. The summed E-state index contributed by atoms with van der Waals surface area (Å²) < 4.78 is 66.9. The highest BCUT2D eigenvalue weighted by Gasteiger charge is 2.27. The van der Waals surface area contributed by atoms with Gasteiger partial charge in [-0.05, 0) is 73.3 Å². The van der Waals surface area contributed by atoms with Crippen molar-refractivity contribution in [2.24, 2.45) is 11.8 Å². The van der Waals surface area contributed by atoms with Crippen LogP contribution in [-0.2, 0) is 20.2 Å². The molecule has 0 aliphatic rings. The molecule has 238 valence electrons. The van der Waals surface area contributed by atoms with Gasteiger partial charge in [-0.2, -0.15) is 16.8 Å². The number of hydrogen-bond donors (Lipinski definition) is 2. The Kier molecular flexibility index (Phi) is 16.3. The lowest BCUT2D eigenvalue weighted by molar-refractivity contribution is 0.354. The molecule has 2 N–H and O–H groups in total. The van der Waals surface area contributed by atoms with Crippen molar-refractivity contribution in [1.29, 1.82) is 0 Å². The van der Waals surface area contributed by atoms with Crippen LogP contribution in [0.5, 0.6) is 0 Å². The van der Waals surface area contributed by atoms with Crippen LogP contribution in [0.15, 0.2) is 60.7 Å². The number of unbranched alkanes of at least 4 members (excludes halogenated alkanes) is 2. The summed E-state index contributed by atoms with van der Waals surface area (Å²) in [6.45, 7) is 6.43. The van der Waals surface area contributed by atoms with E-state index >= 15 is 0 Å². The van der Waals surface area contributed by atoms with Gasteiger partial charge in [-0.15, -0.1) is 0 Å². The van der Waals surface area contributed by atoms with E-state index in [-0.39, 0.29) is 23.5 Å². The summed E-state index contributed by atoms with van der Waals surface area (Å²) in [4.78, 5) is 0. The van der Waals surface area contributed by atoms with Crippen LogP contribution < -0.4 is 0 Å². The Morgan fingerprint density at radius 3 is 1.74 bits per heavy atom. The number of benzene rings is 2. The predicted octanol–water partition coefficient (Wildman–Crippen LogP) is 9.06. The normalized spacial score (nSPS) is 16.0. The van der Waals surface area contributed by atoms with Crippen molar-refractivity contribution < 1.29 is 25.9 Å². The first-order valence-corrected chi connectivity index (χ1v) is 19.0. The minimum absolute atomic E-state index is 0.0222. The first kappa shape index (κ1) is 36.5. The zero-order valence-corrected chi connectivity index (χ0v) is 27.5. The third kappa shape index (κ3) is 14.6. The maximum Gasteiger partial charge on any atom is 0.267 e. The fraction of sp³-hybridized carbons (Fsp3) is 0.647. The average Bonchev–Trinajstić information content (AvgIpc) is 2.96. The summed E-state index contributed by atoms with van der Waals surface area (Å²) in [6, 6.07) is 20.7. The van der Waals surface area contributed by atoms with E-state index in [0.29, 0.717) is 38.0 Å². The van der Waals surface area contributed by atoms with Crippen molar-refractivity contribution in [3.05, 3.63) is 71.8 Å². The molecular weight excluding hydrogens is 569 g/mol. The third-order valence-electron chi connectivity index (χ3n) is 9.00. The molecule has 0 bridgehead atoms. The Morgan fingerprint density at radius 1 is 0.619 bits per heavy atom. The maximum atomic E-state index is 12.3. The van der Waals surface area contributed by atoms with Gasteiger partial charge in [0.1, 0.15) is 0 Å². The van der Waals surface area contributed by atoms with E-state index in [9.17, 15) is 25.9 Å². The van der Waals surface area contributed by atoms with Crippen molar-refractivity contribution in [3.63, 3.8) is 0 Å². The molecule has 0 heterocycles. The van der Waals surface area contributed by atoms with Crippen molar-refractivity contribution in [1.82, 2.24) is 0 Å². The van der Waals surface area contributed by atoms with Crippen LogP contribution in [0.3, 0.4) is 0 Å². The lowest BCUT2D eigenvalue weighted by atomic mass is 9.85. The first-order chi connectivity index (χ1) is 19.9. The topological polar surface area (TPSA) is 109 Å². The molecule has 0 radical (unpaired) electrons. The summed E-state index contributed by atoms with van der Waals surface area (Å²) >= 11 is 0. The van der Waals surface area contributed by atoms with Crippen LogP contribution in [0.1, 0.15) is 127 Å². The lowest BCUT2D eigenvalue weighted by Gasteiger charge is -2.24. The van der Waals surface area contributed by atoms with Gasteiger partial charge in [0.25, 0.3) is 20.2 Å². The molecular formula is C34H54O6S2. The molecule has 0 aromatic heterocycles. The minimum atomic E-state index is -4.19. The van der Waals surface area contributed by atoms with E-state index in [2.05, 4.69) is 63.2 Å². The number of rotatable bonds is 22. The summed E-state index contributed by atoms with van der Waals surface area (Å²) in [5.74, 6) is 0.743. The molecule has 6 nitrogen and oxygen atoms in total. The van der Waals surface area contributed by atoms with Gasteiger partial charge < -0.3 is 0 Å². The van der Waals surface area contributed by atoms with Crippen molar-refractivity contribution in [2.75, 3.05) is 5.75 Å². The molecule has 0 aliphatic heterocycles. The Labute approximate surface area is 256 Å². The quantitative estimate of drug-likeness (QED) is 0.100. The van der Waals surface area contributed by atoms with Gasteiger partial charge in [0.05, 0.1) is 11.0 Å². The second-order valence-corrected chi connectivity index (χ2v) is 15.5. The van der Waals surface area contributed by atoms with Gasteiger partial charge in [0, 0.05) is 0 Å². The van der Waals surface area contributed by atoms with Crippen LogP contribution in [0.4, 0.5) is 0 Å². The molecule has 2 aromatic rings. The SMILES string of the molecule is CCC(CCCCCC(CC)c1ccccc1)CC(CCCC(CCS(=O)(=O)O)CC(C)c1ccccc1)S(=O)(=O)O. The van der Waals surface area contributed by atoms with Crippen LogP contribution in [0.25, 0.3) is 0 Å². The second-order valence-electron chi connectivity index (χ2n) is 12.2. The second kappa shape index (κ2) is 18.8. The van der Waals surface area contributed by atoms with Crippen LogP contribution in [-0.4, -0.2) is 36.9 Å². The summed E-state index contributed by atoms with van der Waals surface area (Å²) in [7, 11) is -8.26. The molecule has 0 saturated heterocycles. The van der Waals surface area contributed by atoms with Gasteiger partial charge in [-0.1, -0.05) is 126 Å². The standard InChI is InChI=1S/C34H54O6S2/c1-4-29(16-9-6-10-18-31(5-2)33-21-13-8-14-22-33)27-34(42(38,39)40)23-15-17-30(24-25-41(35,36)37)26-28(3)32-19-11-7-12-20-32/h7-8,11-14,19-22,28-31,34H,4-6,9-10,15-18,23-27H2,1-3H3,(H,35,36,37)(H,38,39,40). The largest absolute Gasteiger partial charge is 0.286 e. The number of hydrogen-bond acceptors (Lipinski definition) is 4. The summed E-state index contributed by atoms with van der Waals surface area (Å²) in [5, 5.41) is -0.807. The zero-order chi connectivity index (χ0) is 31.0. The molecule has 5 unspecified atom stereocenters. The molecule has 0 fully saturated rings. The molecule has 5 atom stereocenters. The lowest BCUT2D eigenvalue weighted by Crippen LogP contribution is -2.24. The maximum absolute atomic E-state index is 12.3. The summed E-state index contributed by atoms with van der Waals surface area (Å²) in [6.07, 6.45) is 10.5. The highest BCUT2D eigenvalue weighted by atomic mass is 32.2. The van der Waals surface area contributed by atoms with Gasteiger partial charge in [0.15, 0.2) is 0 Å². The van der Waals surface area contributed by atoms with Crippen molar-refractivity contribution >= 4 is 20.2 Å². The highest BCUT2D eigenvalue weighted by molar-refractivity contribution is 7.86. The summed E-state index contributed by atoms with van der Waals surface area (Å²) in [5.41, 5.74) is 2.57. The predicted molar refractivity (Wildman–Crippen MR) is 174 cm³/mol. The van der Waals surface area contributed by atoms with Crippen LogP contribution in [0, 0.1) is 11.8 Å². The minimum Gasteiger partial charge on any atom is -0.286 e. The van der Waals surface area contributed by atoms with Crippen LogP contribution >= 0.6 is 0 Å². The molecule has 8 heteroatoms. The monoisotopic (exact) mass is 622 g/mol. The Balaban J connectivity index is 1.87. The van der Waals surface area contributed by atoms with Gasteiger partial charge >= 0.3 is 0 Å². The first-order valence-electron chi connectivity index (χ1n) is 15.9. The van der Waals surface area contributed by atoms with E-state index in [1.807, 2.05) is 18.2 Å². The van der Waals surface area contributed by atoms with E-state index in [1.54, 1.807) is 0 Å². The molecule has 0 saturated carbocycles. The van der Waals surface area contributed by atoms with E-state index in [4.69, 9.17) is 0 Å². The molecule has 0 spiro atoms. The molecule has 2 aromatic carbocycles. The van der Waals surface area contributed by atoms with E-state index < -0.39 is 25.5 Å². The fourth-order valence-corrected chi connectivity index (χ4v) is 7.94. The Bertz CT molecular complexity index is 1200. The van der Waals surface area contributed by atoms with Gasteiger partial charge in [-0.3, -0.25) is 9.11 Å². The van der Waals surface area contributed by atoms with Gasteiger partial charge in [-0.25, -0.2) is 0 Å². The van der Waals surface area contributed by atoms with Crippen LogP contribution in [0.2, 0.25) is 0 Å².